The summed E-state index contributed by atoms with van der Waals surface area (Å²) in [7, 11) is 1.32. The molecule has 0 aliphatic carbocycles. The molecule has 0 saturated heterocycles. The number of rotatable bonds is 6. The number of hydrogen-bond donors (Lipinski definition) is 1. The lowest BCUT2D eigenvalue weighted by atomic mass is 10.2. The number of aryl methyl sites for hydroxylation is 1. The van der Waals surface area contributed by atoms with Crippen LogP contribution in [0.25, 0.3) is 0 Å². The summed E-state index contributed by atoms with van der Waals surface area (Å²) in [6, 6.07) is 0. The molecule has 1 aromatic heterocycles. The van der Waals surface area contributed by atoms with Crippen molar-refractivity contribution in [1.29, 1.82) is 0 Å². The first-order chi connectivity index (χ1) is 8.92. The van der Waals surface area contributed by atoms with E-state index in [1.807, 2.05) is 0 Å². The molecule has 1 aromatic rings. The van der Waals surface area contributed by atoms with Gasteiger partial charge in [0.1, 0.15) is 5.78 Å². The van der Waals surface area contributed by atoms with Crippen LogP contribution in [0.15, 0.2) is 0 Å². The summed E-state index contributed by atoms with van der Waals surface area (Å²) in [5.41, 5.74) is 0.692. The quantitative estimate of drug-likeness (QED) is 0.800. The lowest BCUT2D eigenvalue weighted by Gasteiger charge is -1.99. The van der Waals surface area contributed by atoms with Crippen molar-refractivity contribution in [2.75, 3.05) is 12.4 Å². The molecule has 0 atom stereocenters. The summed E-state index contributed by atoms with van der Waals surface area (Å²) in [4.78, 5) is 38.4. The second kappa shape index (κ2) is 6.98. The van der Waals surface area contributed by atoms with Gasteiger partial charge in [-0.3, -0.25) is 9.59 Å². The van der Waals surface area contributed by atoms with Crippen LogP contribution in [0.2, 0.25) is 0 Å². The first-order valence-corrected chi connectivity index (χ1v) is 6.56. The molecule has 1 heterocycles. The van der Waals surface area contributed by atoms with Crippen LogP contribution in [0.5, 0.6) is 0 Å². The molecule has 6 nitrogen and oxygen atoms in total. The van der Waals surface area contributed by atoms with Crippen LogP contribution in [-0.4, -0.2) is 29.8 Å². The number of amides is 1. The lowest BCUT2D eigenvalue weighted by molar-refractivity contribution is -0.139. The third-order valence-electron chi connectivity index (χ3n) is 2.38. The minimum absolute atomic E-state index is 0.0307. The summed E-state index contributed by atoms with van der Waals surface area (Å²) in [6.45, 7) is 3.20. The molecule has 0 saturated carbocycles. The third-order valence-corrected chi connectivity index (χ3v) is 3.45. The average molecular weight is 284 g/mol. The van der Waals surface area contributed by atoms with Crippen molar-refractivity contribution < 1.29 is 19.1 Å². The van der Waals surface area contributed by atoms with Gasteiger partial charge in [0.25, 0.3) is 0 Å². The molecule has 0 bridgehead atoms. The Hall–Kier alpha value is -1.76. The SMILES string of the molecule is COC(=O)Cc1sc(NC(=O)CCC(C)=O)nc1C. The van der Waals surface area contributed by atoms with E-state index in [4.69, 9.17) is 0 Å². The number of aromatic nitrogens is 1. The number of methoxy groups -OCH3 is 1. The summed E-state index contributed by atoms with van der Waals surface area (Å²) in [5.74, 6) is -0.633. The minimum atomic E-state index is -0.346. The number of carbonyl (C=O) groups excluding carboxylic acids is 3. The van der Waals surface area contributed by atoms with E-state index in [0.717, 1.165) is 4.88 Å². The van der Waals surface area contributed by atoms with E-state index in [0.29, 0.717) is 10.8 Å². The molecule has 0 aliphatic rings. The van der Waals surface area contributed by atoms with E-state index < -0.39 is 0 Å². The van der Waals surface area contributed by atoms with Crippen LogP contribution in [0.4, 0.5) is 5.13 Å². The zero-order valence-corrected chi connectivity index (χ0v) is 11.9. The van der Waals surface area contributed by atoms with E-state index in [9.17, 15) is 14.4 Å². The highest BCUT2D eigenvalue weighted by Crippen LogP contribution is 2.23. The Bertz CT molecular complexity index is 496. The maximum atomic E-state index is 11.5. The highest BCUT2D eigenvalue weighted by molar-refractivity contribution is 7.16. The van der Waals surface area contributed by atoms with Gasteiger partial charge in [-0.25, -0.2) is 4.98 Å². The summed E-state index contributed by atoms with van der Waals surface area (Å²) >= 11 is 1.24. The van der Waals surface area contributed by atoms with Crippen LogP contribution in [0, 0.1) is 6.92 Å². The van der Waals surface area contributed by atoms with E-state index >= 15 is 0 Å². The minimum Gasteiger partial charge on any atom is -0.469 e. The smallest absolute Gasteiger partial charge is 0.310 e. The Labute approximate surface area is 115 Å². The molecule has 0 unspecified atom stereocenters. The molecule has 0 aromatic carbocycles. The van der Waals surface area contributed by atoms with Crippen LogP contribution in [0.3, 0.4) is 0 Å². The second-order valence-corrected chi connectivity index (χ2v) is 5.11. The molecule has 0 aliphatic heterocycles. The highest BCUT2D eigenvalue weighted by atomic mass is 32.1. The first-order valence-electron chi connectivity index (χ1n) is 5.74. The van der Waals surface area contributed by atoms with Gasteiger partial charge >= 0.3 is 5.97 Å². The molecule has 0 fully saturated rings. The molecule has 7 heteroatoms. The highest BCUT2D eigenvalue weighted by Gasteiger charge is 2.13. The normalized spacial score (nSPS) is 10.1. The van der Waals surface area contributed by atoms with Crippen molar-refractivity contribution in [2.45, 2.75) is 33.1 Å². The van der Waals surface area contributed by atoms with E-state index in [1.165, 1.54) is 25.4 Å². The van der Waals surface area contributed by atoms with Gasteiger partial charge in [-0.05, 0) is 13.8 Å². The van der Waals surface area contributed by atoms with Gasteiger partial charge in [0.2, 0.25) is 5.91 Å². The number of Topliss-reactive ketones (excluding diaryl/α,β-unsaturated/α-hetero) is 1. The maximum Gasteiger partial charge on any atom is 0.310 e. The summed E-state index contributed by atoms with van der Waals surface area (Å²) in [6.07, 6.45) is 0.495. The Morgan fingerprint density at radius 2 is 2.00 bits per heavy atom. The Kier molecular flexibility index (Phi) is 5.62. The molecular weight excluding hydrogens is 268 g/mol. The van der Waals surface area contributed by atoms with E-state index in [1.54, 1.807) is 6.92 Å². The van der Waals surface area contributed by atoms with Crippen molar-refractivity contribution in [3.63, 3.8) is 0 Å². The molecule has 0 spiro atoms. The van der Waals surface area contributed by atoms with E-state index in [-0.39, 0.29) is 36.9 Å². The van der Waals surface area contributed by atoms with Crippen molar-refractivity contribution in [2.24, 2.45) is 0 Å². The van der Waals surface area contributed by atoms with Gasteiger partial charge in [-0.2, -0.15) is 0 Å². The Morgan fingerprint density at radius 3 is 2.58 bits per heavy atom. The van der Waals surface area contributed by atoms with Crippen molar-refractivity contribution in [3.8, 4) is 0 Å². The second-order valence-electron chi connectivity index (χ2n) is 4.03. The Balaban J connectivity index is 2.60. The third kappa shape index (κ3) is 5.17. The van der Waals surface area contributed by atoms with Gasteiger partial charge in [0, 0.05) is 17.7 Å². The summed E-state index contributed by atoms with van der Waals surface area (Å²) in [5, 5.41) is 3.05. The number of thiazole rings is 1. The topological polar surface area (TPSA) is 85.4 Å². The van der Waals surface area contributed by atoms with Gasteiger partial charge in [0.15, 0.2) is 5.13 Å². The lowest BCUT2D eigenvalue weighted by Crippen LogP contribution is -2.12. The molecule has 104 valence electrons. The number of nitrogens with one attached hydrogen (secondary N) is 1. The average Bonchev–Trinajstić information content (AvgIpc) is 2.66. The van der Waals surface area contributed by atoms with Crippen molar-refractivity contribution >= 4 is 34.1 Å². The summed E-state index contributed by atoms with van der Waals surface area (Å²) < 4.78 is 4.58. The number of hydrogen-bond acceptors (Lipinski definition) is 6. The predicted octanol–water partition coefficient (Wildman–Crippen LogP) is 1.47. The van der Waals surface area contributed by atoms with Gasteiger partial charge in [0.05, 0.1) is 19.2 Å². The standard InChI is InChI=1S/C12H16N2O4S/c1-7(15)4-5-10(16)14-12-13-8(2)9(19-12)6-11(17)18-3/h4-6H2,1-3H3,(H,13,14,16). The number of ether oxygens (including phenoxy) is 1. The maximum absolute atomic E-state index is 11.5. The number of esters is 1. The Morgan fingerprint density at radius 1 is 1.32 bits per heavy atom. The zero-order valence-electron chi connectivity index (χ0n) is 11.1. The van der Waals surface area contributed by atoms with Gasteiger partial charge < -0.3 is 14.8 Å². The van der Waals surface area contributed by atoms with E-state index in [2.05, 4.69) is 15.0 Å². The van der Waals surface area contributed by atoms with Crippen LogP contribution < -0.4 is 5.32 Å². The van der Waals surface area contributed by atoms with Crippen molar-refractivity contribution in [3.05, 3.63) is 10.6 Å². The van der Waals surface area contributed by atoms with Crippen LogP contribution >= 0.6 is 11.3 Å². The number of carbonyl (C=O) groups is 3. The number of anilines is 1. The molecular formula is C12H16N2O4S. The van der Waals surface area contributed by atoms with Crippen LogP contribution in [-0.2, 0) is 25.5 Å². The molecule has 1 N–H and O–H groups in total. The monoisotopic (exact) mass is 284 g/mol. The predicted molar refractivity (Wildman–Crippen MR) is 71.1 cm³/mol. The fraction of sp³-hybridized carbons (Fsp3) is 0.500. The van der Waals surface area contributed by atoms with Gasteiger partial charge in [-0.15, -0.1) is 11.3 Å². The van der Waals surface area contributed by atoms with Crippen molar-refractivity contribution in [1.82, 2.24) is 4.98 Å². The fourth-order valence-electron chi connectivity index (χ4n) is 1.32. The first kappa shape index (κ1) is 15.3. The zero-order chi connectivity index (χ0) is 14.4. The molecule has 19 heavy (non-hydrogen) atoms. The molecule has 0 radical (unpaired) electrons. The molecule has 1 amide bonds. The largest absolute Gasteiger partial charge is 0.469 e. The fourth-order valence-corrected chi connectivity index (χ4v) is 2.28. The number of nitrogens with zero attached hydrogens (tertiary/aromatic N) is 1. The van der Waals surface area contributed by atoms with Crippen LogP contribution in [0.1, 0.15) is 30.3 Å². The van der Waals surface area contributed by atoms with Gasteiger partial charge in [-0.1, -0.05) is 0 Å². The number of ketones is 1. The molecule has 1 rings (SSSR count).